The Bertz CT molecular complexity index is 1550. The zero-order valence-electron chi connectivity index (χ0n) is 19.4. The van der Waals surface area contributed by atoms with Gasteiger partial charge in [0.1, 0.15) is 22.6 Å². The third-order valence-corrected chi connectivity index (χ3v) is 6.36. The van der Waals surface area contributed by atoms with E-state index in [1.165, 1.54) is 17.8 Å². The molecule has 9 nitrogen and oxygen atoms in total. The van der Waals surface area contributed by atoms with Crippen molar-refractivity contribution in [3.05, 3.63) is 75.6 Å². The molecule has 0 spiro atoms. The van der Waals surface area contributed by atoms with Crippen molar-refractivity contribution in [2.45, 2.75) is 12.5 Å². The first-order valence-corrected chi connectivity index (χ1v) is 11.4. The monoisotopic (exact) mass is 494 g/mol. The fourth-order valence-electron chi connectivity index (χ4n) is 4.51. The van der Waals surface area contributed by atoms with E-state index in [9.17, 15) is 14.7 Å². The number of nitrogens with two attached hydrogens (primary N) is 1. The van der Waals surface area contributed by atoms with E-state index < -0.39 is 28.6 Å². The number of pyridine rings is 2. The van der Waals surface area contributed by atoms with Gasteiger partial charge in [-0.25, -0.2) is 23.2 Å². The summed E-state index contributed by atoms with van der Waals surface area (Å²) in [5, 5.41) is 12.7. The molecule has 3 heterocycles. The van der Waals surface area contributed by atoms with Gasteiger partial charge < -0.3 is 26.5 Å². The minimum Gasteiger partial charge on any atom is -0.477 e. The predicted molar refractivity (Wildman–Crippen MR) is 134 cm³/mol. The first kappa shape index (κ1) is 23.5. The lowest BCUT2D eigenvalue weighted by molar-refractivity contribution is 0.0695. The Morgan fingerprint density at radius 2 is 1.94 bits per heavy atom. The van der Waals surface area contributed by atoms with Gasteiger partial charge in [0.05, 0.1) is 11.4 Å². The van der Waals surface area contributed by atoms with E-state index in [4.69, 9.17) is 5.73 Å². The van der Waals surface area contributed by atoms with Crippen LogP contribution in [0, 0.1) is 11.6 Å². The van der Waals surface area contributed by atoms with Gasteiger partial charge in [-0.2, -0.15) is 0 Å². The zero-order valence-corrected chi connectivity index (χ0v) is 19.4. The number of benzene rings is 2. The van der Waals surface area contributed by atoms with Crippen LogP contribution in [0.1, 0.15) is 15.9 Å². The van der Waals surface area contributed by atoms with Crippen molar-refractivity contribution in [2.75, 3.05) is 42.3 Å². The molecule has 0 atom stereocenters. The third kappa shape index (κ3) is 3.97. The number of carbonyl (C=O) groups is 1. The van der Waals surface area contributed by atoms with E-state index in [0.717, 1.165) is 29.9 Å². The van der Waals surface area contributed by atoms with Crippen LogP contribution in [0.2, 0.25) is 0 Å². The summed E-state index contributed by atoms with van der Waals surface area (Å²) in [6, 6.07) is 10.3. The molecule has 5 N–H and O–H groups in total. The lowest BCUT2D eigenvalue weighted by atomic mass is 10.0. The highest BCUT2D eigenvalue weighted by Crippen LogP contribution is 2.34. The number of hydrogen-bond donors (Lipinski definition) is 4. The summed E-state index contributed by atoms with van der Waals surface area (Å²) in [7, 11) is 1.51. The Morgan fingerprint density at radius 3 is 2.58 bits per heavy atom. The van der Waals surface area contributed by atoms with Gasteiger partial charge in [-0.15, -0.1) is 0 Å². The average Bonchev–Trinajstić information content (AvgIpc) is 2.83. The Hall–Kier alpha value is -4.25. The number of rotatable bonds is 7. The molecule has 0 bridgehead atoms. The Labute approximate surface area is 204 Å². The van der Waals surface area contributed by atoms with Crippen LogP contribution in [0.15, 0.2) is 47.4 Å². The third-order valence-electron chi connectivity index (χ3n) is 6.36. The predicted octanol–water partition coefficient (Wildman–Crippen LogP) is 2.50. The smallest absolute Gasteiger partial charge is 0.341 e. The fraction of sp³-hybridized carbons (Fsp3) is 0.240. The highest BCUT2D eigenvalue weighted by molar-refractivity contribution is 5.97. The van der Waals surface area contributed by atoms with E-state index in [2.05, 4.69) is 15.7 Å². The number of carboxylic acids is 1. The van der Waals surface area contributed by atoms with E-state index in [1.807, 2.05) is 24.3 Å². The molecule has 1 aliphatic rings. The number of hydrogen-bond acceptors (Lipinski definition) is 7. The van der Waals surface area contributed by atoms with Gasteiger partial charge in [0, 0.05) is 37.4 Å². The molecule has 1 aliphatic heterocycles. The van der Waals surface area contributed by atoms with Crippen molar-refractivity contribution >= 4 is 39.3 Å². The Morgan fingerprint density at radius 1 is 1.22 bits per heavy atom. The number of aromatic carboxylic acids is 1. The summed E-state index contributed by atoms with van der Waals surface area (Å²) in [4.78, 5) is 30.0. The van der Waals surface area contributed by atoms with Crippen molar-refractivity contribution in [2.24, 2.45) is 5.73 Å². The van der Waals surface area contributed by atoms with E-state index >= 15 is 8.78 Å². The molecule has 0 radical (unpaired) electrons. The zero-order chi connectivity index (χ0) is 25.6. The molecular formula is C25H24F2N6O3. The first-order chi connectivity index (χ1) is 17.3. The van der Waals surface area contributed by atoms with E-state index in [0.29, 0.717) is 19.6 Å². The van der Waals surface area contributed by atoms with Gasteiger partial charge in [0.25, 0.3) is 0 Å². The average molecular weight is 495 g/mol. The van der Waals surface area contributed by atoms with Gasteiger partial charge in [-0.05, 0) is 42.8 Å². The summed E-state index contributed by atoms with van der Waals surface area (Å²) in [6.07, 6.45) is 1.88. The summed E-state index contributed by atoms with van der Waals surface area (Å²) >= 11 is 0. The number of anilines is 2. The molecule has 0 aliphatic carbocycles. The number of fused-ring (bicyclic) bond motifs is 2. The van der Waals surface area contributed by atoms with Crippen molar-refractivity contribution in [3.63, 3.8) is 0 Å². The molecule has 1 fully saturated rings. The SMILES string of the molecule is CNn1cc(C(=O)O)c(=O)c2cc3cc(F)c(N4CC(Nc5ccc(CCN)cc5)C4)c(F)c3nc21. The highest BCUT2D eigenvalue weighted by atomic mass is 19.1. The molecule has 2 aromatic carbocycles. The molecule has 0 unspecified atom stereocenters. The lowest BCUT2D eigenvalue weighted by Crippen LogP contribution is -2.55. The number of carboxylic acid groups (broad SMARTS) is 1. The van der Waals surface area contributed by atoms with Crippen molar-refractivity contribution in [3.8, 4) is 0 Å². The molecule has 2 aromatic heterocycles. The van der Waals surface area contributed by atoms with Crippen LogP contribution in [0.5, 0.6) is 0 Å². The van der Waals surface area contributed by atoms with Crippen LogP contribution in [0.3, 0.4) is 0 Å². The highest BCUT2D eigenvalue weighted by Gasteiger charge is 2.32. The molecule has 11 heteroatoms. The number of nitrogens with zero attached hydrogens (tertiary/aromatic N) is 3. The molecule has 0 amide bonds. The second-order valence-electron chi connectivity index (χ2n) is 8.70. The summed E-state index contributed by atoms with van der Waals surface area (Å²) in [5.74, 6) is -3.03. The van der Waals surface area contributed by atoms with Gasteiger partial charge in [0.15, 0.2) is 11.5 Å². The number of halogens is 2. The maximum absolute atomic E-state index is 15.6. The summed E-state index contributed by atoms with van der Waals surface area (Å²) in [5.41, 5.74) is 8.82. The van der Waals surface area contributed by atoms with E-state index in [1.54, 1.807) is 4.90 Å². The summed E-state index contributed by atoms with van der Waals surface area (Å²) < 4.78 is 31.8. The number of nitrogens with one attached hydrogen (secondary N) is 2. The van der Waals surface area contributed by atoms with Crippen LogP contribution in [-0.2, 0) is 6.42 Å². The largest absolute Gasteiger partial charge is 0.477 e. The Kier molecular flexibility index (Phi) is 5.92. The minimum absolute atomic E-state index is 0.00771. The Balaban J connectivity index is 1.46. The second-order valence-corrected chi connectivity index (χ2v) is 8.70. The van der Waals surface area contributed by atoms with Gasteiger partial charge in [-0.1, -0.05) is 12.1 Å². The molecule has 186 valence electrons. The van der Waals surface area contributed by atoms with Crippen LogP contribution in [0.4, 0.5) is 20.2 Å². The van der Waals surface area contributed by atoms with Crippen molar-refractivity contribution in [1.82, 2.24) is 9.66 Å². The summed E-state index contributed by atoms with van der Waals surface area (Å²) in [6.45, 7) is 1.36. The van der Waals surface area contributed by atoms with Crippen LogP contribution in [0.25, 0.3) is 21.9 Å². The fourth-order valence-corrected chi connectivity index (χ4v) is 4.51. The normalized spacial score (nSPS) is 13.7. The molecule has 36 heavy (non-hydrogen) atoms. The van der Waals surface area contributed by atoms with Gasteiger partial charge in [0.2, 0.25) is 5.43 Å². The van der Waals surface area contributed by atoms with Crippen LogP contribution >= 0.6 is 0 Å². The molecule has 4 aromatic rings. The van der Waals surface area contributed by atoms with Crippen LogP contribution < -0.4 is 26.8 Å². The standard InChI is InChI=1S/C25H24F2N6O3/c1-29-33-12-18(25(35)36)23(34)17-8-14-9-19(26)22(20(27)21(14)31-24(17)33)32-10-16(11-32)30-15-4-2-13(3-5-15)6-7-28/h2-5,8-9,12,16,29-30H,6-7,10-11,28H2,1H3,(H,35,36). The molecule has 0 saturated carbocycles. The first-order valence-electron chi connectivity index (χ1n) is 11.4. The minimum atomic E-state index is -1.41. The van der Waals surface area contributed by atoms with Crippen LogP contribution in [-0.4, -0.2) is 53.5 Å². The van der Waals surface area contributed by atoms with Crippen molar-refractivity contribution < 1.29 is 18.7 Å². The quantitative estimate of drug-likeness (QED) is 0.289. The maximum atomic E-state index is 15.6. The van der Waals surface area contributed by atoms with Gasteiger partial charge >= 0.3 is 5.97 Å². The second kappa shape index (κ2) is 9.08. The molecular weight excluding hydrogens is 470 g/mol. The lowest BCUT2D eigenvalue weighted by Gasteiger charge is -2.42. The van der Waals surface area contributed by atoms with Crippen molar-refractivity contribution in [1.29, 1.82) is 0 Å². The number of aromatic nitrogens is 2. The van der Waals surface area contributed by atoms with Gasteiger partial charge in [-0.3, -0.25) is 4.79 Å². The molecule has 1 saturated heterocycles. The maximum Gasteiger partial charge on any atom is 0.341 e. The van der Waals surface area contributed by atoms with E-state index in [-0.39, 0.29) is 33.7 Å². The topological polar surface area (TPSA) is 126 Å². The molecule has 5 rings (SSSR count).